The van der Waals surface area contributed by atoms with E-state index in [1.54, 1.807) is 6.08 Å². The van der Waals surface area contributed by atoms with Crippen molar-refractivity contribution in [3.8, 4) is 0 Å². The van der Waals surface area contributed by atoms with Crippen molar-refractivity contribution in [2.24, 2.45) is 0 Å². The molecule has 0 amide bonds. The van der Waals surface area contributed by atoms with Crippen LogP contribution in [0.3, 0.4) is 0 Å². The zero-order chi connectivity index (χ0) is 11.1. The SMILES string of the molecule is C[NH+]1C(=CC=O)C(C)(C)c2ccccc21.[I-]. The minimum absolute atomic E-state index is 0. The first kappa shape index (κ1) is 13.4. The van der Waals surface area contributed by atoms with Crippen molar-refractivity contribution < 1.29 is 33.7 Å². The second kappa shape index (κ2) is 4.67. The van der Waals surface area contributed by atoms with Gasteiger partial charge in [0.15, 0.2) is 0 Å². The Morgan fingerprint density at radius 2 is 1.88 bits per heavy atom. The number of halogens is 1. The van der Waals surface area contributed by atoms with Crippen LogP contribution in [-0.2, 0) is 10.2 Å². The highest BCUT2D eigenvalue weighted by Gasteiger charge is 2.43. The van der Waals surface area contributed by atoms with Crippen LogP contribution in [0.1, 0.15) is 19.4 Å². The number of hydrogen-bond donors (Lipinski definition) is 1. The Kier molecular flexibility index (Phi) is 3.91. The van der Waals surface area contributed by atoms with E-state index in [-0.39, 0.29) is 29.4 Å². The summed E-state index contributed by atoms with van der Waals surface area (Å²) >= 11 is 0. The molecule has 1 aliphatic rings. The molecular weight excluding hydrogens is 313 g/mol. The first-order valence-electron chi connectivity index (χ1n) is 5.19. The first-order valence-corrected chi connectivity index (χ1v) is 5.19. The van der Waals surface area contributed by atoms with Crippen LogP contribution in [0.2, 0.25) is 0 Å². The van der Waals surface area contributed by atoms with E-state index in [1.165, 1.54) is 16.2 Å². The molecule has 1 aromatic carbocycles. The molecule has 16 heavy (non-hydrogen) atoms. The van der Waals surface area contributed by atoms with Gasteiger partial charge in [0, 0.05) is 11.6 Å². The molecular formula is C13H16INO. The normalized spacial score (nSPS) is 23.7. The van der Waals surface area contributed by atoms with Crippen molar-refractivity contribution >= 4 is 12.0 Å². The number of hydrogen-bond acceptors (Lipinski definition) is 1. The number of benzene rings is 1. The smallest absolute Gasteiger partial charge is 0.148 e. The Morgan fingerprint density at radius 3 is 2.44 bits per heavy atom. The molecule has 0 radical (unpaired) electrons. The summed E-state index contributed by atoms with van der Waals surface area (Å²) < 4.78 is 0. The predicted octanol–water partition coefficient (Wildman–Crippen LogP) is -1.79. The van der Waals surface area contributed by atoms with E-state index < -0.39 is 0 Å². The monoisotopic (exact) mass is 329 g/mol. The molecule has 1 unspecified atom stereocenters. The molecule has 2 nitrogen and oxygen atoms in total. The summed E-state index contributed by atoms with van der Waals surface area (Å²) in [4.78, 5) is 11.9. The largest absolute Gasteiger partial charge is 1.00 e. The van der Waals surface area contributed by atoms with Crippen molar-refractivity contribution in [1.29, 1.82) is 0 Å². The number of allylic oxidation sites excluding steroid dienone is 2. The molecule has 0 bridgehead atoms. The lowest BCUT2D eigenvalue weighted by Crippen LogP contribution is -3.01. The summed E-state index contributed by atoms with van der Waals surface area (Å²) in [7, 11) is 2.09. The maximum absolute atomic E-state index is 10.7. The standard InChI is InChI=1S/C13H15NO.HI/c1-13(2)10-6-4-5-7-11(10)14(3)12(13)8-9-15;/h4-9H,1-3H3;1H. The van der Waals surface area contributed by atoms with E-state index in [2.05, 4.69) is 39.1 Å². The van der Waals surface area contributed by atoms with Crippen LogP contribution in [0.15, 0.2) is 36.0 Å². The summed E-state index contributed by atoms with van der Waals surface area (Å²) in [5, 5.41) is 0. The van der Waals surface area contributed by atoms with Gasteiger partial charge in [-0.05, 0) is 19.9 Å². The Hall–Kier alpha value is -0.680. The molecule has 3 heteroatoms. The van der Waals surface area contributed by atoms with Crippen molar-refractivity contribution in [3.05, 3.63) is 41.6 Å². The molecule has 0 aromatic heterocycles. The third kappa shape index (κ3) is 1.82. The fourth-order valence-corrected chi connectivity index (χ4v) is 2.52. The molecule has 0 fully saturated rings. The van der Waals surface area contributed by atoms with Gasteiger partial charge in [0.25, 0.3) is 0 Å². The van der Waals surface area contributed by atoms with Gasteiger partial charge in [-0.3, -0.25) is 9.69 Å². The van der Waals surface area contributed by atoms with Crippen LogP contribution in [0.4, 0.5) is 5.69 Å². The number of para-hydroxylation sites is 1. The van der Waals surface area contributed by atoms with E-state index in [1.807, 2.05) is 6.07 Å². The Bertz CT molecular complexity index is 437. The third-order valence-electron chi connectivity index (χ3n) is 3.32. The molecule has 1 atom stereocenters. The molecule has 1 N–H and O–H groups in total. The van der Waals surface area contributed by atoms with Gasteiger partial charge in [-0.1, -0.05) is 18.2 Å². The van der Waals surface area contributed by atoms with Gasteiger partial charge in [-0.15, -0.1) is 0 Å². The van der Waals surface area contributed by atoms with Crippen LogP contribution >= 0.6 is 0 Å². The summed E-state index contributed by atoms with van der Waals surface area (Å²) in [5.74, 6) is 0. The fraction of sp³-hybridized carbons (Fsp3) is 0.308. The van der Waals surface area contributed by atoms with Gasteiger partial charge in [-0.2, -0.15) is 0 Å². The zero-order valence-electron chi connectivity index (χ0n) is 9.75. The van der Waals surface area contributed by atoms with Gasteiger partial charge in [0.2, 0.25) is 0 Å². The van der Waals surface area contributed by atoms with Crippen LogP contribution in [0.25, 0.3) is 0 Å². The topological polar surface area (TPSA) is 21.5 Å². The highest BCUT2D eigenvalue weighted by Crippen LogP contribution is 2.37. The highest BCUT2D eigenvalue weighted by molar-refractivity contribution is 5.68. The van der Waals surface area contributed by atoms with Crippen molar-refractivity contribution in [3.63, 3.8) is 0 Å². The average molecular weight is 329 g/mol. The number of carbonyl (C=O) groups excluding carboxylic acids is 1. The van der Waals surface area contributed by atoms with E-state index in [4.69, 9.17) is 0 Å². The van der Waals surface area contributed by atoms with Crippen LogP contribution in [0.5, 0.6) is 0 Å². The number of rotatable bonds is 1. The minimum atomic E-state index is -0.0401. The highest BCUT2D eigenvalue weighted by atomic mass is 127. The number of quaternary nitrogens is 1. The van der Waals surface area contributed by atoms with Crippen molar-refractivity contribution in [1.82, 2.24) is 0 Å². The summed E-state index contributed by atoms with van der Waals surface area (Å²) in [6.45, 7) is 4.33. The lowest BCUT2D eigenvalue weighted by Gasteiger charge is -2.18. The summed E-state index contributed by atoms with van der Waals surface area (Å²) in [6, 6.07) is 8.36. The van der Waals surface area contributed by atoms with Gasteiger partial charge in [0.1, 0.15) is 17.7 Å². The molecule has 1 aliphatic heterocycles. The van der Waals surface area contributed by atoms with E-state index in [9.17, 15) is 4.79 Å². The zero-order valence-corrected chi connectivity index (χ0v) is 11.9. The van der Waals surface area contributed by atoms with Crippen LogP contribution in [0, 0.1) is 0 Å². The van der Waals surface area contributed by atoms with Crippen LogP contribution < -0.4 is 28.9 Å². The lowest BCUT2D eigenvalue weighted by molar-refractivity contribution is -0.764. The second-order valence-electron chi connectivity index (χ2n) is 4.51. The quantitative estimate of drug-likeness (QED) is 0.367. The summed E-state index contributed by atoms with van der Waals surface area (Å²) in [5.41, 5.74) is 3.69. The van der Waals surface area contributed by atoms with E-state index in [0.29, 0.717) is 0 Å². The van der Waals surface area contributed by atoms with E-state index >= 15 is 0 Å². The first-order chi connectivity index (χ1) is 7.09. The Balaban J connectivity index is 0.00000128. The van der Waals surface area contributed by atoms with Crippen molar-refractivity contribution in [2.45, 2.75) is 19.3 Å². The average Bonchev–Trinajstić information content (AvgIpc) is 2.41. The number of fused-ring (bicyclic) bond motifs is 1. The van der Waals surface area contributed by atoms with Gasteiger partial charge >= 0.3 is 0 Å². The third-order valence-corrected chi connectivity index (χ3v) is 3.32. The number of aldehydes is 1. The Labute approximate surface area is 113 Å². The fourth-order valence-electron chi connectivity index (χ4n) is 2.52. The molecule has 0 saturated carbocycles. The molecule has 2 rings (SSSR count). The predicted molar refractivity (Wildman–Crippen MR) is 60.2 cm³/mol. The molecule has 1 heterocycles. The van der Waals surface area contributed by atoms with Crippen molar-refractivity contribution in [2.75, 3.05) is 7.05 Å². The number of carbonyl (C=O) groups is 1. The molecule has 0 spiro atoms. The Morgan fingerprint density at radius 1 is 1.25 bits per heavy atom. The van der Waals surface area contributed by atoms with E-state index in [0.717, 1.165) is 12.0 Å². The minimum Gasteiger partial charge on any atom is -1.00 e. The molecule has 86 valence electrons. The van der Waals surface area contributed by atoms with Gasteiger partial charge in [0.05, 0.1) is 12.5 Å². The maximum atomic E-state index is 10.7. The van der Waals surface area contributed by atoms with Gasteiger partial charge in [-0.25, -0.2) is 0 Å². The van der Waals surface area contributed by atoms with Crippen LogP contribution in [-0.4, -0.2) is 13.3 Å². The van der Waals surface area contributed by atoms with Gasteiger partial charge < -0.3 is 24.0 Å². The lowest BCUT2D eigenvalue weighted by atomic mass is 9.84. The maximum Gasteiger partial charge on any atom is 0.148 e. The summed E-state index contributed by atoms with van der Waals surface area (Å²) in [6.07, 6.45) is 2.57. The number of likely N-dealkylation sites (N-methyl/N-ethyl adjacent to an activating group) is 1. The molecule has 0 saturated heterocycles. The number of nitrogens with one attached hydrogen (secondary N) is 1. The second-order valence-corrected chi connectivity index (χ2v) is 4.51. The molecule has 0 aliphatic carbocycles. The molecule has 1 aromatic rings.